The number of rotatable bonds is 3. The van der Waals surface area contributed by atoms with E-state index in [0.29, 0.717) is 5.92 Å². The van der Waals surface area contributed by atoms with E-state index in [1.54, 1.807) is 12.1 Å². The van der Waals surface area contributed by atoms with E-state index in [4.69, 9.17) is 27.9 Å². The number of hydrogen-bond acceptors (Lipinski definition) is 3. The maximum absolute atomic E-state index is 12.1. The van der Waals surface area contributed by atoms with Crippen molar-refractivity contribution >= 4 is 29.2 Å². The molecule has 1 aromatic heterocycles. The summed E-state index contributed by atoms with van der Waals surface area (Å²) in [6.45, 7) is 2.17. The molecule has 5 heteroatoms. The van der Waals surface area contributed by atoms with Gasteiger partial charge in [0, 0.05) is 0 Å². The van der Waals surface area contributed by atoms with Crippen molar-refractivity contribution in [2.45, 2.75) is 45.1 Å². The maximum Gasteiger partial charge on any atom is 0.358 e. The Balaban J connectivity index is 2.02. The van der Waals surface area contributed by atoms with E-state index >= 15 is 0 Å². The van der Waals surface area contributed by atoms with Crippen molar-refractivity contribution in [1.29, 1.82) is 0 Å². The quantitative estimate of drug-likeness (QED) is 0.609. The third kappa shape index (κ3) is 3.83. The highest BCUT2D eigenvalue weighted by atomic mass is 35.5. The molecule has 2 atom stereocenters. The summed E-state index contributed by atoms with van der Waals surface area (Å²) >= 11 is 11.7. The van der Waals surface area contributed by atoms with Crippen molar-refractivity contribution in [2.24, 2.45) is 5.92 Å². The van der Waals surface area contributed by atoms with Crippen molar-refractivity contribution in [1.82, 2.24) is 4.98 Å². The van der Waals surface area contributed by atoms with Gasteiger partial charge in [-0.15, -0.1) is 0 Å². The molecular formula is C14H17Cl2NO2. The van der Waals surface area contributed by atoms with Crippen molar-refractivity contribution in [3.63, 3.8) is 0 Å². The molecule has 2 unspecified atom stereocenters. The lowest BCUT2D eigenvalue weighted by Crippen LogP contribution is -2.26. The highest BCUT2D eigenvalue weighted by Gasteiger charge is 2.25. The van der Waals surface area contributed by atoms with Crippen molar-refractivity contribution in [3.8, 4) is 0 Å². The molecule has 0 radical (unpaired) electrons. The van der Waals surface area contributed by atoms with Crippen LogP contribution in [0.1, 0.15) is 49.5 Å². The van der Waals surface area contributed by atoms with E-state index < -0.39 is 5.97 Å². The lowest BCUT2D eigenvalue weighted by Gasteiger charge is -2.28. The Morgan fingerprint density at radius 2 is 2.21 bits per heavy atom. The van der Waals surface area contributed by atoms with Crippen molar-refractivity contribution in [3.05, 3.63) is 28.0 Å². The predicted molar refractivity (Wildman–Crippen MR) is 75.7 cm³/mol. The zero-order valence-corrected chi connectivity index (χ0v) is 12.4. The van der Waals surface area contributed by atoms with Crippen LogP contribution in [0.3, 0.4) is 0 Å². The Labute approximate surface area is 123 Å². The molecule has 1 aromatic rings. The molecule has 0 saturated heterocycles. The van der Waals surface area contributed by atoms with Crippen LogP contribution in [0, 0.1) is 5.92 Å². The second kappa shape index (κ2) is 6.58. The summed E-state index contributed by atoms with van der Waals surface area (Å²) in [5.41, 5.74) is 0.104. The summed E-state index contributed by atoms with van der Waals surface area (Å²) in [5.74, 6) is 0.170. The highest BCUT2D eigenvalue weighted by molar-refractivity contribution is 6.34. The van der Waals surface area contributed by atoms with Gasteiger partial charge in [-0.1, -0.05) is 43.0 Å². The molecule has 0 N–H and O–H groups in total. The van der Waals surface area contributed by atoms with Gasteiger partial charge in [0.05, 0.1) is 5.02 Å². The summed E-state index contributed by atoms with van der Waals surface area (Å²) in [6, 6.07) is 3.11. The van der Waals surface area contributed by atoms with Crippen LogP contribution in [0.5, 0.6) is 0 Å². The number of halogens is 2. The molecule has 2 rings (SSSR count). The third-order valence-electron chi connectivity index (χ3n) is 3.59. The van der Waals surface area contributed by atoms with Gasteiger partial charge in [0.1, 0.15) is 11.3 Å². The summed E-state index contributed by atoms with van der Waals surface area (Å²) < 4.78 is 5.50. The lowest BCUT2D eigenvalue weighted by molar-refractivity contribution is 0.0134. The zero-order chi connectivity index (χ0) is 13.8. The SMILES string of the molecule is CCC1CCCC(OC(=O)c2nc(Cl)ccc2Cl)C1. The van der Waals surface area contributed by atoms with Crippen LogP contribution in [0.25, 0.3) is 0 Å². The standard InChI is InChI=1S/C14H17Cl2NO2/c1-2-9-4-3-5-10(8-9)19-14(18)13-11(15)6-7-12(16)17-13/h6-7,9-10H,2-5,8H2,1H3. The van der Waals surface area contributed by atoms with Crippen LogP contribution in [0.15, 0.2) is 12.1 Å². The Bertz CT molecular complexity index is 465. The Morgan fingerprint density at radius 1 is 1.42 bits per heavy atom. The van der Waals surface area contributed by atoms with E-state index in [0.717, 1.165) is 25.7 Å². The summed E-state index contributed by atoms with van der Waals surface area (Å²) in [4.78, 5) is 16.0. The average molecular weight is 302 g/mol. The topological polar surface area (TPSA) is 39.2 Å². The molecule has 1 aliphatic rings. The Hall–Kier alpha value is -0.800. The van der Waals surface area contributed by atoms with Crippen molar-refractivity contribution < 1.29 is 9.53 Å². The first-order valence-electron chi connectivity index (χ1n) is 6.63. The molecule has 0 amide bonds. The summed E-state index contributed by atoms with van der Waals surface area (Å²) in [6.07, 6.45) is 5.28. The first-order valence-corrected chi connectivity index (χ1v) is 7.38. The minimum atomic E-state index is -0.478. The monoisotopic (exact) mass is 301 g/mol. The lowest BCUT2D eigenvalue weighted by atomic mass is 9.85. The molecule has 104 valence electrons. The van der Waals surface area contributed by atoms with Gasteiger partial charge in [0.15, 0.2) is 5.69 Å². The highest BCUT2D eigenvalue weighted by Crippen LogP contribution is 2.29. The van der Waals surface area contributed by atoms with E-state index in [1.165, 1.54) is 6.42 Å². The number of esters is 1. The average Bonchev–Trinajstić information content (AvgIpc) is 2.41. The van der Waals surface area contributed by atoms with Crippen LogP contribution in [0.4, 0.5) is 0 Å². The first kappa shape index (κ1) is 14.6. The van der Waals surface area contributed by atoms with E-state index in [-0.39, 0.29) is 22.0 Å². The molecule has 19 heavy (non-hydrogen) atoms. The molecule has 1 aliphatic carbocycles. The Kier molecular flexibility index (Phi) is 5.06. The van der Waals surface area contributed by atoms with Gasteiger partial charge in [0.2, 0.25) is 0 Å². The molecule has 0 spiro atoms. The van der Waals surface area contributed by atoms with Crippen LogP contribution in [-0.2, 0) is 4.74 Å². The first-order chi connectivity index (χ1) is 9.10. The molecule has 0 aliphatic heterocycles. The smallest absolute Gasteiger partial charge is 0.358 e. The van der Waals surface area contributed by atoms with E-state index in [2.05, 4.69) is 11.9 Å². The summed E-state index contributed by atoms with van der Waals surface area (Å²) in [7, 11) is 0. The zero-order valence-electron chi connectivity index (χ0n) is 10.9. The van der Waals surface area contributed by atoms with Crippen LogP contribution < -0.4 is 0 Å². The fraction of sp³-hybridized carbons (Fsp3) is 0.571. The van der Waals surface area contributed by atoms with Gasteiger partial charge in [-0.05, 0) is 37.3 Å². The number of pyridine rings is 1. The molecule has 0 aromatic carbocycles. The number of carbonyl (C=O) groups excluding carboxylic acids is 1. The summed E-state index contributed by atoms with van der Waals surface area (Å²) in [5, 5.41) is 0.517. The number of ether oxygens (including phenoxy) is 1. The van der Waals surface area contributed by atoms with E-state index in [9.17, 15) is 4.79 Å². The minimum Gasteiger partial charge on any atom is -0.458 e. The molecule has 0 bridgehead atoms. The normalized spacial score (nSPS) is 23.1. The van der Waals surface area contributed by atoms with Crippen LogP contribution >= 0.6 is 23.2 Å². The molecular weight excluding hydrogens is 285 g/mol. The van der Waals surface area contributed by atoms with Gasteiger partial charge in [0.25, 0.3) is 0 Å². The van der Waals surface area contributed by atoms with E-state index in [1.807, 2.05) is 0 Å². The second-order valence-electron chi connectivity index (χ2n) is 4.93. The number of hydrogen-bond donors (Lipinski definition) is 0. The fourth-order valence-corrected chi connectivity index (χ4v) is 2.82. The van der Waals surface area contributed by atoms with Gasteiger partial charge in [-0.2, -0.15) is 0 Å². The van der Waals surface area contributed by atoms with Crippen molar-refractivity contribution in [2.75, 3.05) is 0 Å². The van der Waals surface area contributed by atoms with Gasteiger partial charge in [-0.3, -0.25) is 0 Å². The molecule has 1 fully saturated rings. The van der Waals surface area contributed by atoms with Gasteiger partial charge < -0.3 is 4.74 Å². The number of carbonyl (C=O) groups is 1. The molecule has 1 heterocycles. The largest absolute Gasteiger partial charge is 0.458 e. The van der Waals surface area contributed by atoms with Crippen LogP contribution in [0.2, 0.25) is 10.2 Å². The molecule has 1 saturated carbocycles. The number of nitrogens with zero attached hydrogens (tertiary/aromatic N) is 1. The second-order valence-corrected chi connectivity index (χ2v) is 5.73. The van der Waals surface area contributed by atoms with Crippen LogP contribution in [-0.4, -0.2) is 17.1 Å². The minimum absolute atomic E-state index is 0.0250. The fourth-order valence-electron chi connectivity index (χ4n) is 2.49. The van der Waals surface area contributed by atoms with Gasteiger partial charge in [-0.25, -0.2) is 9.78 Å². The number of aromatic nitrogens is 1. The maximum atomic E-state index is 12.1. The predicted octanol–water partition coefficient (Wildman–Crippen LogP) is 4.51. The third-order valence-corrected chi connectivity index (χ3v) is 4.11. The molecule has 3 nitrogen and oxygen atoms in total. The Morgan fingerprint density at radius 3 is 2.95 bits per heavy atom. The van der Waals surface area contributed by atoms with Gasteiger partial charge >= 0.3 is 5.97 Å².